The summed E-state index contributed by atoms with van der Waals surface area (Å²) < 4.78 is 0. The van der Waals surface area contributed by atoms with Gasteiger partial charge < -0.3 is 15.5 Å². The van der Waals surface area contributed by atoms with Gasteiger partial charge in [0.15, 0.2) is 0 Å². The van der Waals surface area contributed by atoms with E-state index in [1.54, 1.807) is 6.33 Å². The molecule has 5 heteroatoms. The Labute approximate surface area is 116 Å². The van der Waals surface area contributed by atoms with Gasteiger partial charge in [0.05, 0.1) is 0 Å². The van der Waals surface area contributed by atoms with E-state index in [-0.39, 0.29) is 5.41 Å². The fraction of sp³-hybridized carbons (Fsp3) is 0.714. The van der Waals surface area contributed by atoms with Crippen LogP contribution in [0.4, 0.5) is 11.6 Å². The second-order valence-electron chi connectivity index (χ2n) is 5.88. The number of nitrogens with zero attached hydrogens (tertiary/aromatic N) is 4. The molecule has 0 bridgehead atoms. The van der Waals surface area contributed by atoms with E-state index in [9.17, 15) is 0 Å². The van der Waals surface area contributed by atoms with Gasteiger partial charge in [-0.2, -0.15) is 0 Å². The molecule has 0 radical (unpaired) electrons. The zero-order chi connectivity index (χ0) is 14.5. The molecule has 5 nitrogen and oxygen atoms in total. The van der Waals surface area contributed by atoms with E-state index in [1.807, 2.05) is 13.1 Å². The van der Waals surface area contributed by atoms with E-state index in [0.717, 1.165) is 31.1 Å². The Kier molecular flexibility index (Phi) is 5.54. The van der Waals surface area contributed by atoms with Crippen molar-refractivity contribution < 1.29 is 0 Å². The summed E-state index contributed by atoms with van der Waals surface area (Å²) in [6, 6.07) is 2.03. The zero-order valence-corrected chi connectivity index (χ0v) is 12.8. The Morgan fingerprint density at radius 1 is 1.16 bits per heavy atom. The van der Waals surface area contributed by atoms with Crippen LogP contribution < -0.4 is 15.5 Å². The summed E-state index contributed by atoms with van der Waals surface area (Å²) in [5.41, 5.74) is 5.86. The molecular formula is C14H27N5. The van der Waals surface area contributed by atoms with Crippen molar-refractivity contribution in [2.24, 2.45) is 11.1 Å². The Morgan fingerprint density at radius 3 is 2.26 bits per heavy atom. The maximum atomic E-state index is 5.78. The van der Waals surface area contributed by atoms with E-state index < -0.39 is 0 Å². The second-order valence-corrected chi connectivity index (χ2v) is 5.88. The molecule has 1 aromatic heterocycles. The molecule has 0 atom stereocenters. The second kappa shape index (κ2) is 6.70. The lowest BCUT2D eigenvalue weighted by Crippen LogP contribution is -2.37. The third-order valence-electron chi connectivity index (χ3n) is 3.20. The van der Waals surface area contributed by atoms with Gasteiger partial charge in [0.1, 0.15) is 18.0 Å². The molecule has 0 spiro atoms. The van der Waals surface area contributed by atoms with Crippen LogP contribution in [-0.4, -0.2) is 43.7 Å². The van der Waals surface area contributed by atoms with Crippen molar-refractivity contribution in [1.82, 2.24) is 9.97 Å². The van der Waals surface area contributed by atoms with Crippen molar-refractivity contribution >= 4 is 11.6 Å². The molecule has 1 rings (SSSR count). The van der Waals surface area contributed by atoms with Crippen LogP contribution in [0.1, 0.15) is 27.2 Å². The molecule has 1 heterocycles. The Hall–Kier alpha value is -1.36. The molecule has 0 unspecified atom stereocenters. The molecular weight excluding hydrogens is 238 g/mol. The van der Waals surface area contributed by atoms with Crippen LogP contribution >= 0.6 is 0 Å². The highest BCUT2D eigenvalue weighted by Crippen LogP contribution is 2.20. The monoisotopic (exact) mass is 265 g/mol. The predicted molar refractivity (Wildman–Crippen MR) is 81.7 cm³/mol. The smallest absolute Gasteiger partial charge is 0.133 e. The first kappa shape index (κ1) is 15.7. The molecule has 108 valence electrons. The van der Waals surface area contributed by atoms with Crippen LogP contribution in [0, 0.1) is 5.41 Å². The molecule has 0 aliphatic carbocycles. The van der Waals surface area contributed by atoms with Gasteiger partial charge in [-0.15, -0.1) is 0 Å². The number of hydrogen-bond acceptors (Lipinski definition) is 5. The highest BCUT2D eigenvalue weighted by molar-refractivity contribution is 5.49. The number of aromatic nitrogens is 2. The SMILES string of the molecule is CCCN(C)c1cc(N(C)CC(C)(C)CN)ncn1. The first-order valence-electron chi connectivity index (χ1n) is 6.84. The quantitative estimate of drug-likeness (QED) is 0.814. The summed E-state index contributed by atoms with van der Waals surface area (Å²) in [5.74, 6) is 1.90. The molecule has 0 saturated carbocycles. The van der Waals surface area contributed by atoms with Crippen LogP contribution in [-0.2, 0) is 0 Å². The predicted octanol–water partition coefficient (Wildman–Crippen LogP) is 1.74. The molecule has 0 fully saturated rings. The minimum Gasteiger partial charge on any atom is -0.360 e. The molecule has 2 N–H and O–H groups in total. The van der Waals surface area contributed by atoms with Gasteiger partial charge in [-0.25, -0.2) is 9.97 Å². The first-order valence-corrected chi connectivity index (χ1v) is 6.84. The Bertz CT molecular complexity index is 391. The van der Waals surface area contributed by atoms with Crippen molar-refractivity contribution in [2.75, 3.05) is 43.5 Å². The highest BCUT2D eigenvalue weighted by atomic mass is 15.2. The Balaban J connectivity index is 2.81. The number of hydrogen-bond donors (Lipinski definition) is 1. The van der Waals surface area contributed by atoms with E-state index in [0.29, 0.717) is 6.54 Å². The average molecular weight is 265 g/mol. The summed E-state index contributed by atoms with van der Waals surface area (Å²) in [7, 11) is 4.10. The van der Waals surface area contributed by atoms with Gasteiger partial charge in [0, 0.05) is 33.3 Å². The third kappa shape index (κ3) is 4.67. The molecule has 1 aromatic rings. The summed E-state index contributed by atoms with van der Waals surface area (Å²) in [6.45, 7) is 9.01. The van der Waals surface area contributed by atoms with Crippen molar-refractivity contribution in [3.05, 3.63) is 12.4 Å². The lowest BCUT2D eigenvalue weighted by Gasteiger charge is -2.30. The number of rotatable bonds is 7. The van der Waals surface area contributed by atoms with E-state index in [2.05, 4.69) is 47.6 Å². The van der Waals surface area contributed by atoms with E-state index in [4.69, 9.17) is 5.73 Å². The number of nitrogens with two attached hydrogens (primary N) is 1. The van der Waals surface area contributed by atoms with Gasteiger partial charge in [0.2, 0.25) is 0 Å². The standard InChI is InChI=1S/C14H27N5/c1-6-7-18(4)12-8-13(17-11-16-12)19(5)10-14(2,3)9-15/h8,11H,6-7,9-10,15H2,1-5H3. The van der Waals surface area contributed by atoms with E-state index in [1.165, 1.54) is 0 Å². The highest BCUT2D eigenvalue weighted by Gasteiger charge is 2.19. The molecule has 19 heavy (non-hydrogen) atoms. The maximum Gasteiger partial charge on any atom is 0.133 e. The number of anilines is 2. The van der Waals surface area contributed by atoms with Crippen LogP contribution in [0.5, 0.6) is 0 Å². The van der Waals surface area contributed by atoms with Gasteiger partial charge in [-0.05, 0) is 18.4 Å². The minimum absolute atomic E-state index is 0.0786. The normalized spacial score (nSPS) is 11.5. The fourth-order valence-electron chi connectivity index (χ4n) is 1.99. The summed E-state index contributed by atoms with van der Waals surface area (Å²) >= 11 is 0. The van der Waals surface area contributed by atoms with Gasteiger partial charge in [-0.3, -0.25) is 0 Å². The topological polar surface area (TPSA) is 58.3 Å². The van der Waals surface area contributed by atoms with Crippen LogP contribution in [0.3, 0.4) is 0 Å². The summed E-state index contributed by atoms with van der Waals surface area (Å²) in [5, 5.41) is 0. The van der Waals surface area contributed by atoms with Gasteiger partial charge in [0.25, 0.3) is 0 Å². The minimum atomic E-state index is 0.0786. The molecule has 0 aromatic carbocycles. The van der Waals surface area contributed by atoms with Gasteiger partial charge in [-0.1, -0.05) is 20.8 Å². The summed E-state index contributed by atoms with van der Waals surface area (Å²) in [4.78, 5) is 13.0. The molecule has 0 saturated heterocycles. The zero-order valence-electron chi connectivity index (χ0n) is 12.8. The first-order chi connectivity index (χ1) is 8.89. The third-order valence-corrected chi connectivity index (χ3v) is 3.20. The van der Waals surface area contributed by atoms with Crippen molar-refractivity contribution in [3.8, 4) is 0 Å². The lowest BCUT2D eigenvalue weighted by molar-refractivity contribution is 0.384. The Morgan fingerprint density at radius 2 is 1.74 bits per heavy atom. The van der Waals surface area contributed by atoms with E-state index >= 15 is 0 Å². The van der Waals surface area contributed by atoms with Crippen LogP contribution in [0.2, 0.25) is 0 Å². The van der Waals surface area contributed by atoms with Crippen molar-refractivity contribution in [1.29, 1.82) is 0 Å². The largest absolute Gasteiger partial charge is 0.360 e. The fourth-order valence-corrected chi connectivity index (χ4v) is 1.99. The van der Waals surface area contributed by atoms with Crippen LogP contribution in [0.25, 0.3) is 0 Å². The van der Waals surface area contributed by atoms with Gasteiger partial charge >= 0.3 is 0 Å². The van der Waals surface area contributed by atoms with Crippen LogP contribution in [0.15, 0.2) is 12.4 Å². The lowest BCUT2D eigenvalue weighted by atomic mass is 9.93. The molecule has 0 amide bonds. The van der Waals surface area contributed by atoms with Crippen molar-refractivity contribution in [3.63, 3.8) is 0 Å². The molecule has 0 aliphatic heterocycles. The maximum absolute atomic E-state index is 5.78. The molecule has 0 aliphatic rings. The summed E-state index contributed by atoms with van der Waals surface area (Å²) in [6.07, 6.45) is 2.73. The average Bonchev–Trinajstić information content (AvgIpc) is 2.38. The van der Waals surface area contributed by atoms with Crippen molar-refractivity contribution in [2.45, 2.75) is 27.2 Å².